The lowest BCUT2D eigenvalue weighted by Crippen LogP contribution is -2.24. The topological polar surface area (TPSA) is 65.3 Å². The quantitative estimate of drug-likeness (QED) is 0.162. The van der Waals surface area contributed by atoms with Crippen molar-refractivity contribution >= 4 is 87.4 Å². The van der Waals surface area contributed by atoms with Crippen molar-refractivity contribution in [2.45, 2.75) is 0 Å². The molecule has 7 heteroatoms. The van der Waals surface area contributed by atoms with Crippen molar-refractivity contribution in [2.75, 3.05) is 9.80 Å². The van der Waals surface area contributed by atoms with Crippen LogP contribution in [0.25, 0.3) is 43.1 Å². The summed E-state index contributed by atoms with van der Waals surface area (Å²) in [5.74, 6) is 0. The largest absolute Gasteiger partial charge is 0.364 e. The van der Waals surface area contributed by atoms with E-state index < -0.39 is 10.2 Å². The number of nitrogens with zero attached hydrogens (tertiary/aromatic N) is 4. The fourth-order valence-electron chi connectivity index (χ4n) is 7.74. The van der Waals surface area contributed by atoms with Gasteiger partial charge in [0.05, 0.1) is 0 Å². The van der Waals surface area contributed by atoms with Crippen LogP contribution in [0, 0.1) is 0 Å². The van der Waals surface area contributed by atoms with Crippen LogP contribution in [0.5, 0.6) is 0 Å². The Bertz CT molecular complexity index is 2840. The summed E-state index contributed by atoms with van der Waals surface area (Å²) in [5, 5.41) is 7.97. The van der Waals surface area contributed by atoms with Crippen molar-refractivity contribution in [3.05, 3.63) is 193 Å². The number of fused-ring (bicyclic) bond motifs is 10. The second-order valence-corrected chi connectivity index (χ2v) is 14.4. The number of hydrogen-bond donors (Lipinski definition) is 0. The van der Waals surface area contributed by atoms with E-state index in [1.165, 1.54) is 0 Å². The highest BCUT2D eigenvalue weighted by atomic mass is 32.2. The lowest BCUT2D eigenvalue weighted by molar-refractivity contribution is 0.599. The molecule has 10 rings (SSSR count). The summed E-state index contributed by atoms with van der Waals surface area (Å²) in [4.78, 5) is 4.44. The molecule has 0 amide bonds. The molecule has 1 heterocycles. The maximum Gasteiger partial charge on any atom is 0.364 e. The normalized spacial score (nSPS) is 13.1. The molecule has 1 aliphatic heterocycles. The standard InChI is InChI=1S/C46H30N4O2S/c51-53(52)47-45-43-39-27-23-37(49(33-13-5-1-6-14-33)34-15-7-2-8-16-34)29-31(39)21-25-41(43)42-26-22-32-30-38(24-28-40(32)44(42)46(45)48-53)50(35-17-9-3-10-18-35)36-19-11-4-12-20-36/h1-30H. The zero-order valence-corrected chi connectivity index (χ0v) is 29.2. The Morgan fingerprint density at radius 2 is 0.660 bits per heavy atom. The molecule has 0 atom stereocenters. The van der Waals surface area contributed by atoms with Crippen LogP contribution in [0.4, 0.5) is 34.1 Å². The molecule has 0 saturated heterocycles. The zero-order valence-electron chi connectivity index (χ0n) is 28.3. The van der Waals surface area contributed by atoms with Crippen LogP contribution in [-0.2, 0) is 10.2 Å². The Labute approximate surface area is 306 Å². The number of para-hydroxylation sites is 4. The Balaban J connectivity index is 1.20. The molecule has 9 aromatic rings. The SMILES string of the molecule is O=S1(=O)N=c2c(c3c4ccc(N(c5ccccc5)c5ccccc5)cc4ccc3c3ccc4cc(N(c5ccccc5)c5ccccc5)ccc4c23)=N1. The van der Waals surface area contributed by atoms with E-state index in [1.807, 2.05) is 72.8 Å². The van der Waals surface area contributed by atoms with Gasteiger partial charge in [0, 0.05) is 44.9 Å². The van der Waals surface area contributed by atoms with E-state index in [1.54, 1.807) is 0 Å². The highest BCUT2D eigenvalue weighted by Gasteiger charge is 2.22. The van der Waals surface area contributed by atoms with Crippen molar-refractivity contribution in [3.63, 3.8) is 0 Å². The van der Waals surface area contributed by atoms with Crippen molar-refractivity contribution in [1.82, 2.24) is 0 Å². The van der Waals surface area contributed by atoms with Gasteiger partial charge in [0.15, 0.2) is 0 Å². The summed E-state index contributed by atoms with van der Waals surface area (Å²) >= 11 is 0. The summed E-state index contributed by atoms with van der Waals surface area (Å²) < 4.78 is 35.0. The average molecular weight is 703 g/mol. The summed E-state index contributed by atoms with van der Waals surface area (Å²) in [7, 11) is -4.08. The molecule has 53 heavy (non-hydrogen) atoms. The van der Waals surface area contributed by atoms with Crippen LogP contribution in [-0.4, -0.2) is 8.42 Å². The second-order valence-electron chi connectivity index (χ2n) is 13.1. The summed E-state index contributed by atoms with van der Waals surface area (Å²) in [6.07, 6.45) is 0. The summed E-state index contributed by atoms with van der Waals surface area (Å²) in [6.45, 7) is 0. The molecular weight excluding hydrogens is 673 g/mol. The van der Waals surface area contributed by atoms with Gasteiger partial charge in [-0.3, -0.25) is 0 Å². The van der Waals surface area contributed by atoms with E-state index in [0.29, 0.717) is 10.7 Å². The smallest absolute Gasteiger partial charge is 0.310 e. The van der Waals surface area contributed by atoms with Crippen LogP contribution in [0.15, 0.2) is 191 Å². The van der Waals surface area contributed by atoms with Gasteiger partial charge in [0.1, 0.15) is 10.7 Å². The van der Waals surface area contributed by atoms with E-state index >= 15 is 0 Å². The van der Waals surface area contributed by atoms with Crippen LogP contribution >= 0.6 is 0 Å². The molecule has 0 spiro atoms. The van der Waals surface area contributed by atoms with Crippen LogP contribution in [0.3, 0.4) is 0 Å². The van der Waals surface area contributed by atoms with Gasteiger partial charge in [0.2, 0.25) is 0 Å². The predicted molar refractivity (Wildman–Crippen MR) is 217 cm³/mol. The number of benzene rings is 9. The zero-order chi connectivity index (χ0) is 35.5. The van der Waals surface area contributed by atoms with Crippen molar-refractivity contribution in [2.24, 2.45) is 8.80 Å². The summed E-state index contributed by atoms with van der Waals surface area (Å²) in [6, 6.07) is 62.1. The van der Waals surface area contributed by atoms with Gasteiger partial charge < -0.3 is 9.80 Å². The minimum absolute atomic E-state index is 0.389. The Hall–Kier alpha value is -6.83. The first-order valence-corrected chi connectivity index (χ1v) is 18.8. The highest BCUT2D eigenvalue weighted by molar-refractivity contribution is 7.88. The highest BCUT2D eigenvalue weighted by Crippen LogP contribution is 2.40. The molecule has 252 valence electrons. The minimum Gasteiger partial charge on any atom is -0.310 e. The molecule has 0 fully saturated rings. The molecule has 9 aromatic carbocycles. The third kappa shape index (κ3) is 5.21. The van der Waals surface area contributed by atoms with Gasteiger partial charge >= 0.3 is 10.2 Å². The minimum atomic E-state index is -4.08. The Morgan fingerprint density at radius 3 is 1.00 bits per heavy atom. The van der Waals surface area contributed by atoms with E-state index in [-0.39, 0.29) is 0 Å². The van der Waals surface area contributed by atoms with E-state index in [2.05, 4.69) is 128 Å². The number of rotatable bonds is 6. The van der Waals surface area contributed by atoms with Gasteiger partial charge in [0.25, 0.3) is 0 Å². The van der Waals surface area contributed by atoms with Crippen molar-refractivity contribution in [1.29, 1.82) is 0 Å². The molecule has 0 radical (unpaired) electrons. The average Bonchev–Trinajstić information content (AvgIpc) is 3.54. The van der Waals surface area contributed by atoms with E-state index in [9.17, 15) is 8.42 Å². The third-order valence-electron chi connectivity index (χ3n) is 9.98. The van der Waals surface area contributed by atoms with Gasteiger partial charge in [-0.05, 0) is 105 Å². The fourth-order valence-corrected chi connectivity index (χ4v) is 8.60. The maximum absolute atomic E-state index is 13.2. The van der Waals surface area contributed by atoms with Crippen molar-refractivity contribution in [3.8, 4) is 0 Å². The van der Waals surface area contributed by atoms with Crippen molar-refractivity contribution < 1.29 is 8.42 Å². The second kappa shape index (κ2) is 12.1. The van der Waals surface area contributed by atoms with Crippen LogP contribution in [0.2, 0.25) is 0 Å². The van der Waals surface area contributed by atoms with E-state index in [4.69, 9.17) is 0 Å². The Kier molecular flexibility index (Phi) is 7.09. The number of hydrogen-bond acceptors (Lipinski definition) is 4. The first-order valence-electron chi connectivity index (χ1n) is 17.4. The van der Waals surface area contributed by atoms with Gasteiger partial charge in [-0.15, -0.1) is 8.80 Å². The lowest BCUT2D eigenvalue weighted by atomic mass is 9.92. The first kappa shape index (κ1) is 30.9. The lowest BCUT2D eigenvalue weighted by Gasteiger charge is -2.26. The third-order valence-corrected chi connectivity index (χ3v) is 10.8. The first-order chi connectivity index (χ1) is 26.0. The molecule has 0 saturated carbocycles. The van der Waals surface area contributed by atoms with Crippen LogP contribution in [0.1, 0.15) is 0 Å². The molecule has 1 aliphatic rings. The fraction of sp³-hybridized carbons (Fsp3) is 0. The van der Waals surface area contributed by atoms with Gasteiger partial charge in [-0.1, -0.05) is 109 Å². The summed E-state index contributed by atoms with van der Waals surface area (Å²) in [5.41, 5.74) is 6.13. The molecule has 0 unspecified atom stereocenters. The van der Waals surface area contributed by atoms with E-state index in [0.717, 1.165) is 77.2 Å². The monoisotopic (exact) mass is 702 g/mol. The number of anilines is 6. The molecule has 0 aromatic heterocycles. The molecular formula is C46H30N4O2S. The van der Waals surface area contributed by atoms with Gasteiger partial charge in [-0.25, -0.2) is 0 Å². The molecule has 0 bridgehead atoms. The molecule has 6 nitrogen and oxygen atoms in total. The Morgan fingerprint density at radius 1 is 0.340 bits per heavy atom. The van der Waals surface area contributed by atoms with Crippen LogP contribution < -0.4 is 20.5 Å². The molecule has 0 N–H and O–H groups in total. The predicted octanol–water partition coefficient (Wildman–Crippen LogP) is 10.7. The van der Waals surface area contributed by atoms with Gasteiger partial charge in [-0.2, -0.15) is 8.42 Å². The molecule has 0 aliphatic carbocycles. The maximum atomic E-state index is 13.2.